The molecule has 19 heteroatoms. The molecule has 0 saturated heterocycles. The molecule has 38 heavy (non-hydrogen) atoms. The monoisotopic (exact) mass is 1010 g/mol. The van der Waals surface area contributed by atoms with E-state index in [1.54, 1.807) is 6.92 Å². The number of nitro benzene ring substituents is 1. The van der Waals surface area contributed by atoms with Gasteiger partial charge in [0, 0.05) is 26.4 Å². The van der Waals surface area contributed by atoms with Crippen molar-refractivity contribution in [1.82, 2.24) is 0 Å². The minimum atomic E-state index is -6.20. The van der Waals surface area contributed by atoms with Gasteiger partial charge in [-0.1, -0.05) is 0 Å². The van der Waals surface area contributed by atoms with Gasteiger partial charge in [0.2, 0.25) is 0 Å². The van der Waals surface area contributed by atoms with Crippen LogP contribution in [0.2, 0.25) is 0 Å². The number of rotatable bonds is 9. The number of hydrogen-bond acceptors (Lipinski definition) is 11. The van der Waals surface area contributed by atoms with Crippen LogP contribution in [-0.4, -0.2) is 54.3 Å². The molecular formula is C19H10F2I4NO11S-. The fraction of sp³-hybridized carbons (Fsp3) is 0.211. The first kappa shape index (κ1) is 33.1. The number of carbonyl (C=O) groups is 3. The summed E-state index contributed by atoms with van der Waals surface area (Å²) in [4.78, 5) is 48.3. The molecule has 0 aliphatic carbocycles. The van der Waals surface area contributed by atoms with E-state index in [0.717, 1.165) is 6.07 Å². The largest absolute Gasteiger partial charge is 0.743 e. The van der Waals surface area contributed by atoms with E-state index in [9.17, 15) is 46.2 Å². The summed E-state index contributed by atoms with van der Waals surface area (Å²) < 4.78 is 74.9. The highest BCUT2D eigenvalue weighted by atomic mass is 127. The van der Waals surface area contributed by atoms with Crippen molar-refractivity contribution in [1.29, 1.82) is 0 Å². The maximum absolute atomic E-state index is 13.4. The predicted octanol–water partition coefficient (Wildman–Crippen LogP) is 4.70. The van der Waals surface area contributed by atoms with Gasteiger partial charge in [0.05, 0.1) is 22.7 Å². The van der Waals surface area contributed by atoms with E-state index in [-0.39, 0.29) is 17.7 Å². The summed E-state index contributed by atoms with van der Waals surface area (Å²) in [5.41, 5.74) is -2.23. The average molecular weight is 1010 g/mol. The number of nitrogens with zero attached hydrogens (tertiary/aromatic N) is 1. The van der Waals surface area contributed by atoms with E-state index >= 15 is 0 Å². The summed E-state index contributed by atoms with van der Waals surface area (Å²) in [6.07, 6.45) is 0. The fourth-order valence-corrected chi connectivity index (χ4v) is 6.41. The number of ether oxygens (including phenoxy) is 3. The summed E-state index contributed by atoms with van der Waals surface area (Å²) in [7, 11) is -6.20. The highest BCUT2D eigenvalue weighted by Gasteiger charge is 2.40. The predicted molar refractivity (Wildman–Crippen MR) is 156 cm³/mol. The Hall–Kier alpha value is -1.06. The van der Waals surface area contributed by atoms with Crippen LogP contribution in [-0.2, 0) is 19.6 Å². The molecule has 0 bridgehead atoms. The topological polar surface area (TPSA) is 179 Å². The van der Waals surface area contributed by atoms with Crippen molar-refractivity contribution in [3.8, 4) is 5.75 Å². The maximum atomic E-state index is 13.4. The number of halogens is 6. The van der Waals surface area contributed by atoms with Gasteiger partial charge in [-0.05, 0) is 103 Å². The Morgan fingerprint density at radius 2 is 1.47 bits per heavy atom. The lowest BCUT2D eigenvalue weighted by Crippen LogP contribution is -2.34. The lowest BCUT2D eigenvalue weighted by atomic mass is 10.1. The van der Waals surface area contributed by atoms with Crippen LogP contribution in [0.15, 0.2) is 18.2 Å². The van der Waals surface area contributed by atoms with Crippen molar-refractivity contribution in [2.45, 2.75) is 12.2 Å². The number of alkyl halides is 2. The van der Waals surface area contributed by atoms with Crippen molar-refractivity contribution in [3.05, 3.63) is 59.3 Å². The van der Waals surface area contributed by atoms with Crippen LogP contribution in [0.4, 0.5) is 14.5 Å². The second kappa shape index (κ2) is 13.1. The van der Waals surface area contributed by atoms with E-state index in [1.807, 2.05) is 90.4 Å². The van der Waals surface area contributed by atoms with Gasteiger partial charge in [0.15, 0.2) is 16.7 Å². The number of carbonyl (C=O) groups excluding carboxylic acids is 3. The molecule has 0 aromatic heterocycles. The van der Waals surface area contributed by atoms with E-state index in [0.29, 0.717) is 26.4 Å². The Morgan fingerprint density at radius 1 is 0.947 bits per heavy atom. The number of esters is 3. The molecule has 2 rings (SSSR count). The van der Waals surface area contributed by atoms with E-state index < -0.39 is 61.8 Å². The van der Waals surface area contributed by atoms with E-state index in [4.69, 9.17) is 9.47 Å². The molecule has 0 radical (unpaired) electrons. The molecule has 0 saturated carbocycles. The molecule has 0 aliphatic heterocycles. The van der Waals surface area contributed by atoms with Gasteiger partial charge in [-0.25, -0.2) is 22.8 Å². The quantitative estimate of drug-likeness (QED) is 0.0497. The molecular weight excluding hydrogens is 996 g/mol. The van der Waals surface area contributed by atoms with Crippen molar-refractivity contribution in [2.75, 3.05) is 13.2 Å². The van der Waals surface area contributed by atoms with Crippen molar-refractivity contribution in [2.24, 2.45) is 0 Å². The van der Waals surface area contributed by atoms with Crippen molar-refractivity contribution >= 4 is 124 Å². The molecule has 206 valence electrons. The Morgan fingerprint density at radius 3 is 1.95 bits per heavy atom. The molecule has 0 aliphatic rings. The number of benzene rings is 2. The third-order valence-corrected chi connectivity index (χ3v) is 12.5. The number of hydrogen-bond donors (Lipinski definition) is 0. The zero-order valence-corrected chi connectivity index (χ0v) is 27.7. The first-order chi connectivity index (χ1) is 17.4. The minimum Gasteiger partial charge on any atom is -0.743 e. The summed E-state index contributed by atoms with van der Waals surface area (Å²) in [5.74, 6) is -4.21. The van der Waals surface area contributed by atoms with Crippen molar-refractivity contribution in [3.63, 3.8) is 0 Å². The van der Waals surface area contributed by atoms with Crippen LogP contribution in [0.25, 0.3) is 0 Å². The first-order valence-electron chi connectivity index (χ1n) is 9.48. The van der Waals surface area contributed by atoms with Gasteiger partial charge in [0.25, 0.3) is 5.69 Å². The second-order valence-corrected chi connectivity index (χ2v) is 12.5. The number of nitro groups is 1. The Labute approximate surface area is 267 Å². The molecule has 2 aromatic rings. The summed E-state index contributed by atoms with van der Waals surface area (Å²) in [5, 5.41) is 6.32. The molecule has 2 aromatic carbocycles. The lowest BCUT2D eigenvalue weighted by molar-refractivity contribution is -0.385. The zero-order valence-electron chi connectivity index (χ0n) is 18.3. The minimum absolute atomic E-state index is 0.00304. The zero-order chi connectivity index (χ0) is 29.2. The summed E-state index contributed by atoms with van der Waals surface area (Å²) in [6, 6.07) is 2.26. The Balaban J connectivity index is 2.52. The third kappa shape index (κ3) is 7.36. The van der Waals surface area contributed by atoms with Crippen molar-refractivity contribution < 1.29 is 55.3 Å². The normalized spacial score (nSPS) is 11.6. The molecule has 0 atom stereocenters. The van der Waals surface area contributed by atoms with Gasteiger partial charge < -0.3 is 18.8 Å². The van der Waals surface area contributed by atoms with Crippen LogP contribution in [0.1, 0.15) is 38.0 Å². The van der Waals surface area contributed by atoms with E-state index in [2.05, 4.69) is 4.74 Å². The molecule has 0 spiro atoms. The third-order valence-electron chi connectivity index (χ3n) is 4.28. The lowest BCUT2D eigenvalue weighted by Gasteiger charge is -2.19. The van der Waals surface area contributed by atoms with Gasteiger partial charge in [0.1, 0.15) is 11.3 Å². The van der Waals surface area contributed by atoms with Crippen LogP contribution in [0.3, 0.4) is 0 Å². The summed E-state index contributed by atoms with van der Waals surface area (Å²) in [6.45, 7) is -0.645. The second-order valence-electron chi connectivity index (χ2n) is 6.72. The highest BCUT2D eigenvalue weighted by Crippen LogP contribution is 2.35. The molecule has 12 nitrogen and oxygen atoms in total. The smallest absolute Gasteiger partial charge is 0.367 e. The van der Waals surface area contributed by atoms with Crippen LogP contribution < -0.4 is 4.74 Å². The van der Waals surface area contributed by atoms with Gasteiger partial charge in [-0.2, -0.15) is 8.78 Å². The van der Waals surface area contributed by atoms with Gasteiger partial charge in [-0.15, -0.1) is 0 Å². The average Bonchev–Trinajstić information content (AvgIpc) is 2.82. The fourth-order valence-electron chi connectivity index (χ4n) is 2.58. The molecule has 0 amide bonds. The Kier molecular flexibility index (Phi) is 11.4. The van der Waals surface area contributed by atoms with Crippen LogP contribution in [0, 0.1) is 24.4 Å². The first-order valence-corrected chi connectivity index (χ1v) is 15.2. The van der Waals surface area contributed by atoms with Gasteiger partial charge in [-0.3, -0.25) is 10.1 Å². The molecule has 0 heterocycles. The maximum Gasteiger partial charge on any atom is 0.367 e. The molecule has 0 unspecified atom stereocenters. The molecule has 0 fully saturated rings. The summed E-state index contributed by atoms with van der Waals surface area (Å²) >= 11 is 7.60. The SMILES string of the molecule is CCOC(=O)c1c(I)c(I)c(I)c(I)c1C(=O)Oc1ccc([N+](=O)[O-])c(C(=O)OCC(F)(F)S(=O)(=O)[O-])c1. The van der Waals surface area contributed by atoms with E-state index in [1.165, 1.54) is 0 Å². The van der Waals surface area contributed by atoms with Gasteiger partial charge >= 0.3 is 23.2 Å². The highest BCUT2D eigenvalue weighted by molar-refractivity contribution is 14.1. The molecule has 0 N–H and O–H groups in total. The van der Waals surface area contributed by atoms with Crippen LogP contribution >= 0.6 is 90.4 Å². The Bertz CT molecular complexity index is 1450. The standard InChI is InChI=1S/C19H11F2I4NO11S/c1-2-35-17(28)10-11(13(23)15(25)14(24)12(10)22)18(29)37-7-3-4-9(26(30)31)8(5-7)16(27)36-6-19(20,21)38(32,33)34/h3-5H,2,6H2,1H3,(H,32,33,34)/p-1. The van der Waals surface area contributed by atoms with Crippen LogP contribution in [0.5, 0.6) is 5.75 Å².